The molecule has 0 spiro atoms. The molecule has 3 aromatic rings. The van der Waals surface area contributed by atoms with Crippen LogP contribution in [0.25, 0.3) is 0 Å². The third-order valence-electron chi connectivity index (χ3n) is 6.82. The van der Waals surface area contributed by atoms with Crippen molar-refractivity contribution in [3.63, 3.8) is 0 Å². The lowest BCUT2D eigenvalue weighted by atomic mass is 9.89. The zero-order valence-corrected chi connectivity index (χ0v) is 21.4. The number of carbonyl (C=O) groups excluding carboxylic acids is 2. The highest BCUT2D eigenvalue weighted by Gasteiger charge is 2.28. The Morgan fingerprint density at radius 3 is 2.43 bits per heavy atom. The minimum atomic E-state index is -0.250. The van der Waals surface area contributed by atoms with E-state index in [1.807, 2.05) is 30.3 Å². The maximum Gasteiger partial charge on any atom is 0.276 e. The molecular weight excluding hydrogens is 473 g/mol. The molecule has 0 bridgehead atoms. The van der Waals surface area contributed by atoms with Crippen molar-refractivity contribution in [3.05, 3.63) is 82.9 Å². The number of hydrogen-bond acceptors (Lipinski definition) is 5. The van der Waals surface area contributed by atoms with Gasteiger partial charge in [0.2, 0.25) is 5.91 Å². The number of methoxy groups -OCH3 is 2. The van der Waals surface area contributed by atoms with Crippen LogP contribution >= 0.6 is 0 Å². The van der Waals surface area contributed by atoms with Gasteiger partial charge in [-0.1, -0.05) is 24.3 Å². The van der Waals surface area contributed by atoms with Gasteiger partial charge in [-0.25, -0.2) is 9.37 Å². The molecular formula is C29H32FN3O4. The highest BCUT2D eigenvalue weighted by atomic mass is 19.1. The number of amides is 2. The topological polar surface area (TPSA) is 80.8 Å². The van der Waals surface area contributed by atoms with Crippen LogP contribution in [0.15, 0.2) is 54.7 Å². The molecule has 0 radical (unpaired) electrons. The Labute approximate surface area is 216 Å². The number of pyridine rings is 1. The van der Waals surface area contributed by atoms with E-state index in [-0.39, 0.29) is 29.7 Å². The fourth-order valence-electron chi connectivity index (χ4n) is 4.62. The lowest BCUT2D eigenvalue weighted by Gasteiger charge is -2.32. The Morgan fingerprint density at radius 2 is 1.78 bits per heavy atom. The molecule has 1 aromatic heterocycles. The summed E-state index contributed by atoms with van der Waals surface area (Å²) >= 11 is 0. The molecule has 2 heterocycles. The molecule has 4 rings (SSSR count). The van der Waals surface area contributed by atoms with Crippen LogP contribution in [-0.2, 0) is 11.2 Å². The Bertz CT molecular complexity index is 1250. The van der Waals surface area contributed by atoms with E-state index in [9.17, 15) is 14.0 Å². The average molecular weight is 506 g/mol. The van der Waals surface area contributed by atoms with Crippen molar-refractivity contribution >= 4 is 17.5 Å². The summed E-state index contributed by atoms with van der Waals surface area (Å²) in [6.45, 7) is 2.95. The molecule has 1 N–H and O–H groups in total. The second kappa shape index (κ2) is 11.9. The summed E-state index contributed by atoms with van der Waals surface area (Å²) < 4.78 is 24.4. The van der Waals surface area contributed by atoms with Crippen molar-refractivity contribution in [1.29, 1.82) is 0 Å². The summed E-state index contributed by atoms with van der Waals surface area (Å²) in [6, 6.07) is 14.6. The van der Waals surface area contributed by atoms with Gasteiger partial charge in [-0.05, 0) is 67.0 Å². The normalized spacial score (nSPS) is 13.8. The Morgan fingerprint density at radius 1 is 1.05 bits per heavy atom. The molecule has 0 aliphatic carbocycles. The van der Waals surface area contributed by atoms with E-state index < -0.39 is 0 Å². The van der Waals surface area contributed by atoms with E-state index in [0.717, 1.165) is 24.1 Å². The number of piperidine rings is 1. The number of nitrogens with zero attached hydrogens (tertiary/aromatic N) is 2. The minimum absolute atomic E-state index is 0.109. The molecule has 1 saturated heterocycles. The molecule has 1 aliphatic heterocycles. The quantitative estimate of drug-likeness (QED) is 0.459. The van der Waals surface area contributed by atoms with Gasteiger partial charge in [-0.15, -0.1) is 0 Å². The van der Waals surface area contributed by atoms with Crippen LogP contribution in [0.5, 0.6) is 11.5 Å². The molecule has 8 heteroatoms. The van der Waals surface area contributed by atoms with Crippen LogP contribution in [0.4, 0.5) is 10.1 Å². The second-order valence-corrected chi connectivity index (χ2v) is 9.22. The van der Waals surface area contributed by atoms with Gasteiger partial charge in [0.25, 0.3) is 5.91 Å². The van der Waals surface area contributed by atoms with Crippen molar-refractivity contribution in [2.24, 2.45) is 0 Å². The second-order valence-electron chi connectivity index (χ2n) is 9.22. The number of carbonyl (C=O) groups is 2. The summed E-state index contributed by atoms with van der Waals surface area (Å²) in [4.78, 5) is 31.5. The van der Waals surface area contributed by atoms with Crippen LogP contribution in [-0.4, -0.2) is 49.0 Å². The first kappa shape index (κ1) is 26.1. The molecule has 1 fully saturated rings. The van der Waals surface area contributed by atoms with Crippen molar-refractivity contribution in [2.45, 2.75) is 38.5 Å². The molecule has 2 amide bonds. The third-order valence-corrected chi connectivity index (χ3v) is 6.82. The van der Waals surface area contributed by atoms with Crippen LogP contribution in [0.1, 0.15) is 52.4 Å². The van der Waals surface area contributed by atoms with Crippen molar-refractivity contribution in [3.8, 4) is 11.5 Å². The van der Waals surface area contributed by atoms with E-state index in [2.05, 4.69) is 10.3 Å². The lowest BCUT2D eigenvalue weighted by molar-refractivity contribution is -0.116. The molecule has 0 saturated carbocycles. The summed E-state index contributed by atoms with van der Waals surface area (Å²) in [5, 5.41) is 2.91. The monoisotopic (exact) mass is 505 g/mol. The molecule has 1 aliphatic rings. The number of ether oxygens (including phenoxy) is 2. The predicted octanol–water partition coefficient (Wildman–Crippen LogP) is 5.14. The van der Waals surface area contributed by atoms with Crippen molar-refractivity contribution < 1.29 is 23.5 Å². The molecule has 37 heavy (non-hydrogen) atoms. The molecule has 2 aromatic carbocycles. The number of benzene rings is 2. The van der Waals surface area contributed by atoms with Gasteiger partial charge in [0.1, 0.15) is 5.82 Å². The minimum Gasteiger partial charge on any atom is -0.493 e. The summed E-state index contributed by atoms with van der Waals surface area (Å²) in [7, 11) is 3.03. The van der Waals surface area contributed by atoms with E-state index >= 15 is 0 Å². The number of aromatic nitrogens is 1. The number of halogens is 1. The van der Waals surface area contributed by atoms with Gasteiger partial charge in [0.05, 0.1) is 14.2 Å². The number of rotatable bonds is 8. The van der Waals surface area contributed by atoms with Crippen LogP contribution in [0.2, 0.25) is 0 Å². The number of likely N-dealkylation sites (tertiary alicyclic amines) is 1. The SMILES string of the molecule is COc1ccnc(C(=O)N2CCC(c3ccc(NC(=O)CCc4ccc(C)c(F)c4)cc3)CC2)c1OC. The van der Waals surface area contributed by atoms with Gasteiger partial charge >= 0.3 is 0 Å². The first-order valence-electron chi connectivity index (χ1n) is 12.4. The maximum absolute atomic E-state index is 13.7. The highest BCUT2D eigenvalue weighted by Crippen LogP contribution is 2.33. The maximum atomic E-state index is 13.7. The third kappa shape index (κ3) is 6.25. The van der Waals surface area contributed by atoms with Crippen LogP contribution in [0, 0.1) is 12.7 Å². The van der Waals surface area contributed by atoms with E-state index in [1.54, 1.807) is 30.2 Å². The first-order chi connectivity index (χ1) is 17.9. The van der Waals surface area contributed by atoms with Gasteiger partial charge < -0.3 is 19.7 Å². The van der Waals surface area contributed by atoms with Crippen LogP contribution in [0.3, 0.4) is 0 Å². The zero-order valence-electron chi connectivity index (χ0n) is 21.4. The van der Waals surface area contributed by atoms with Crippen LogP contribution < -0.4 is 14.8 Å². The first-order valence-corrected chi connectivity index (χ1v) is 12.4. The van der Waals surface area contributed by atoms with Gasteiger partial charge in [-0.2, -0.15) is 0 Å². The number of nitrogens with one attached hydrogen (secondary N) is 1. The Hall–Kier alpha value is -3.94. The van der Waals surface area contributed by atoms with E-state index in [1.165, 1.54) is 25.8 Å². The summed E-state index contributed by atoms with van der Waals surface area (Å²) in [5.74, 6) is 0.626. The lowest BCUT2D eigenvalue weighted by Crippen LogP contribution is -2.38. The molecule has 0 atom stereocenters. The standard InChI is InChI=1S/C29H32FN3O4/c1-19-4-5-20(18-24(19)30)6-11-26(34)32-23-9-7-21(8-10-23)22-13-16-33(17-14-22)29(35)27-28(37-3)25(36-2)12-15-31-27/h4-5,7-10,12,15,18,22H,6,11,13-14,16-17H2,1-3H3,(H,32,34). The van der Waals surface area contributed by atoms with Crippen molar-refractivity contribution in [2.75, 3.05) is 32.6 Å². The number of anilines is 1. The van der Waals surface area contributed by atoms with E-state index in [0.29, 0.717) is 42.5 Å². The smallest absolute Gasteiger partial charge is 0.276 e. The fourth-order valence-corrected chi connectivity index (χ4v) is 4.62. The fraction of sp³-hybridized carbons (Fsp3) is 0.345. The predicted molar refractivity (Wildman–Crippen MR) is 140 cm³/mol. The number of hydrogen-bond donors (Lipinski definition) is 1. The highest BCUT2D eigenvalue weighted by molar-refractivity contribution is 5.96. The van der Waals surface area contributed by atoms with Gasteiger partial charge in [0, 0.05) is 37.5 Å². The average Bonchev–Trinajstić information content (AvgIpc) is 2.93. The largest absolute Gasteiger partial charge is 0.493 e. The molecule has 7 nitrogen and oxygen atoms in total. The molecule has 0 unspecified atom stereocenters. The van der Waals surface area contributed by atoms with Crippen molar-refractivity contribution in [1.82, 2.24) is 9.88 Å². The molecule has 194 valence electrons. The number of aryl methyl sites for hydroxylation is 2. The van der Waals surface area contributed by atoms with Gasteiger partial charge in [0.15, 0.2) is 17.2 Å². The van der Waals surface area contributed by atoms with Gasteiger partial charge in [-0.3, -0.25) is 9.59 Å². The summed E-state index contributed by atoms with van der Waals surface area (Å²) in [6.07, 6.45) is 3.97. The van der Waals surface area contributed by atoms with E-state index in [4.69, 9.17) is 9.47 Å². The Kier molecular flexibility index (Phi) is 8.38. The Balaban J connectivity index is 1.29. The zero-order chi connectivity index (χ0) is 26.4. The summed E-state index contributed by atoms with van der Waals surface area (Å²) in [5.41, 5.74) is 3.57.